The van der Waals surface area contributed by atoms with Crippen molar-refractivity contribution >= 4 is 17.4 Å². The van der Waals surface area contributed by atoms with Gasteiger partial charge in [-0.2, -0.15) is 0 Å². The quantitative estimate of drug-likeness (QED) is 0.785. The fourth-order valence-electron chi connectivity index (χ4n) is 2.93. The number of carbonyl (C=O) groups is 2. The van der Waals surface area contributed by atoms with E-state index in [0.29, 0.717) is 24.2 Å². The van der Waals surface area contributed by atoms with E-state index in [1.165, 1.54) is 14.1 Å². The first-order valence-electron chi connectivity index (χ1n) is 7.69. The second-order valence-electron chi connectivity index (χ2n) is 5.88. The molecule has 1 aliphatic carbocycles. The Labute approximate surface area is 142 Å². The number of nitrogens with zero attached hydrogens (tertiary/aromatic N) is 2. The fourth-order valence-corrected chi connectivity index (χ4v) is 2.93. The van der Waals surface area contributed by atoms with Crippen LogP contribution in [0.4, 0.5) is 5.82 Å². The lowest BCUT2D eigenvalue weighted by Gasteiger charge is -2.12. The van der Waals surface area contributed by atoms with Gasteiger partial charge < -0.3 is 10.5 Å². The largest absolute Gasteiger partial charge is 0.485 e. The number of Topliss-reactive ketones (excluding diaryl/α,β-unsaturated/α-hetero) is 2. The lowest BCUT2D eigenvalue weighted by atomic mass is 10.1. The Morgan fingerprint density at radius 3 is 2.60 bits per heavy atom. The van der Waals surface area contributed by atoms with Gasteiger partial charge in [-0.05, 0) is 12.5 Å². The third-order valence-electron chi connectivity index (χ3n) is 4.38. The minimum absolute atomic E-state index is 0.0444. The lowest BCUT2D eigenvalue weighted by Crippen LogP contribution is -2.42. The van der Waals surface area contributed by atoms with E-state index in [2.05, 4.69) is 0 Å². The number of hydrogen-bond donors (Lipinski definition) is 1. The summed E-state index contributed by atoms with van der Waals surface area (Å²) in [6.07, 6.45) is 0.972. The number of hydrogen-bond acceptors (Lipinski definition) is 6. The molecule has 0 bridgehead atoms. The third kappa shape index (κ3) is 2.65. The number of nitrogens with two attached hydrogens (primary N) is 1. The highest BCUT2D eigenvalue weighted by molar-refractivity contribution is 6.02. The highest BCUT2D eigenvalue weighted by atomic mass is 16.5. The van der Waals surface area contributed by atoms with E-state index in [4.69, 9.17) is 10.5 Å². The van der Waals surface area contributed by atoms with Gasteiger partial charge in [-0.3, -0.25) is 23.5 Å². The van der Waals surface area contributed by atoms with E-state index in [-0.39, 0.29) is 17.2 Å². The molecule has 3 rings (SSSR count). The zero-order valence-corrected chi connectivity index (χ0v) is 13.9. The monoisotopic (exact) mass is 343 g/mol. The first kappa shape index (κ1) is 16.7. The van der Waals surface area contributed by atoms with E-state index in [1.807, 2.05) is 0 Å². The second-order valence-corrected chi connectivity index (χ2v) is 5.88. The maximum atomic E-state index is 12.4. The van der Waals surface area contributed by atoms with Gasteiger partial charge in [0.2, 0.25) is 5.78 Å². The summed E-state index contributed by atoms with van der Waals surface area (Å²) in [6.45, 7) is -0.414. The van der Waals surface area contributed by atoms with E-state index < -0.39 is 23.6 Å². The molecule has 0 aliphatic heterocycles. The van der Waals surface area contributed by atoms with Crippen LogP contribution in [0.2, 0.25) is 0 Å². The van der Waals surface area contributed by atoms with Crippen molar-refractivity contribution in [2.75, 3.05) is 12.3 Å². The van der Waals surface area contributed by atoms with Crippen LogP contribution in [0.15, 0.2) is 27.8 Å². The topological polar surface area (TPSA) is 113 Å². The summed E-state index contributed by atoms with van der Waals surface area (Å²) in [5, 5.41) is 0. The molecule has 0 atom stereocenters. The number of nitrogen functional groups attached to an aromatic ring is 1. The summed E-state index contributed by atoms with van der Waals surface area (Å²) in [6, 6.07) is 5.08. The van der Waals surface area contributed by atoms with Gasteiger partial charge in [-0.1, -0.05) is 12.1 Å². The smallest absolute Gasteiger partial charge is 0.332 e. The molecule has 0 saturated carbocycles. The lowest BCUT2D eigenvalue weighted by molar-refractivity contribution is 0.0918. The van der Waals surface area contributed by atoms with E-state index >= 15 is 0 Å². The molecule has 130 valence electrons. The molecule has 0 saturated heterocycles. The maximum absolute atomic E-state index is 12.4. The van der Waals surface area contributed by atoms with Crippen LogP contribution in [0.25, 0.3) is 0 Å². The average molecular weight is 343 g/mol. The molecule has 2 N–H and O–H groups in total. The van der Waals surface area contributed by atoms with Crippen LogP contribution in [-0.4, -0.2) is 27.3 Å². The molecule has 1 aromatic heterocycles. The minimum Gasteiger partial charge on any atom is -0.485 e. The molecule has 0 amide bonds. The molecule has 0 radical (unpaired) electrons. The van der Waals surface area contributed by atoms with Crippen molar-refractivity contribution in [1.82, 2.24) is 9.13 Å². The summed E-state index contributed by atoms with van der Waals surface area (Å²) in [4.78, 5) is 48.2. The van der Waals surface area contributed by atoms with Crippen LogP contribution in [-0.2, 0) is 20.5 Å². The highest BCUT2D eigenvalue weighted by Crippen LogP contribution is 2.30. The number of carbonyl (C=O) groups excluding carboxylic acids is 2. The Morgan fingerprint density at radius 1 is 1.16 bits per heavy atom. The maximum Gasteiger partial charge on any atom is 0.332 e. The molecule has 1 heterocycles. The van der Waals surface area contributed by atoms with E-state index in [1.54, 1.807) is 18.2 Å². The molecular weight excluding hydrogens is 326 g/mol. The van der Waals surface area contributed by atoms with Crippen molar-refractivity contribution < 1.29 is 14.3 Å². The highest BCUT2D eigenvalue weighted by Gasteiger charge is 2.24. The zero-order chi connectivity index (χ0) is 18.3. The zero-order valence-electron chi connectivity index (χ0n) is 13.9. The van der Waals surface area contributed by atoms with Gasteiger partial charge in [0.1, 0.15) is 17.1 Å². The predicted molar refractivity (Wildman–Crippen MR) is 90.3 cm³/mol. The number of anilines is 1. The number of rotatable bonds is 4. The van der Waals surface area contributed by atoms with Crippen LogP contribution in [0.1, 0.15) is 32.7 Å². The van der Waals surface area contributed by atoms with E-state index in [0.717, 1.165) is 14.7 Å². The Morgan fingerprint density at radius 2 is 1.88 bits per heavy atom. The molecule has 0 unspecified atom stereocenters. The predicted octanol–water partition coefficient (Wildman–Crippen LogP) is 0.0568. The Balaban J connectivity index is 1.90. The number of ketones is 2. The number of fused-ring (bicyclic) bond motifs is 1. The van der Waals surface area contributed by atoms with Gasteiger partial charge in [0.15, 0.2) is 12.4 Å². The molecule has 8 heteroatoms. The van der Waals surface area contributed by atoms with Crippen LogP contribution >= 0.6 is 0 Å². The molecule has 8 nitrogen and oxygen atoms in total. The van der Waals surface area contributed by atoms with Crippen molar-refractivity contribution in [3.05, 3.63) is 55.7 Å². The van der Waals surface area contributed by atoms with Gasteiger partial charge in [0, 0.05) is 31.6 Å². The third-order valence-corrected chi connectivity index (χ3v) is 4.38. The summed E-state index contributed by atoms with van der Waals surface area (Å²) >= 11 is 0. The van der Waals surface area contributed by atoms with Crippen LogP contribution in [0.3, 0.4) is 0 Å². The first-order chi connectivity index (χ1) is 11.8. The standard InChI is InChI=1S/C17H17N3O5/c1-19-15(18)14(16(23)20(2)17(19)24)12(22)8-25-13-5-3-4-9-10(13)6-7-11(9)21/h3-5H,6-8,18H2,1-2H3. The van der Waals surface area contributed by atoms with Crippen molar-refractivity contribution in [3.8, 4) is 5.75 Å². The summed E-state index contributed by atoms with van der Waals surface area (Å²) in [5.41, 5.74) is 5.47. The summed E-state index contributed by atoms with van der Waals surface area (Å²) in [5.74, 6) is -0.342. The van der Waals surface area contributed by atoms with Crippen molar-refractivity contribution in [2.24, 2.45) is 14.1 Å². The summed E-state index contributed by atoms with van der Waals surface area (Å²) in [7, 11) is 2.65. The Kier molecular flexibility index (Phi) is 4.03. The number of aromatic nitrogens is 2. The normalized spacial score (nSPS) is 13.0. The van der Waals surface area contributed by atoms with E-state index in [9.17, 15) is 19.2 Å². The molecule has 0 spiro atoms. The fraction of sp³-hybridized carbons (Fsp3) is 0.294. The Hall–Kier alpha value is -3.16. The molecule has 1 aliphatic rings. The summed E-state index contributed by atoms with van der Waals surface area (Å²) < 4.78 is 7.40. The van der Waals surface area contributed by atoms with Crippen LogP contribution in [0, 0.1) is 0 Å². The average Bonchev–Trinajstić information content (AvgIpc) is 2.98. The Bertz CT molecular complexity index is 1020. The first-order valence-corrected chi connectivity index (χ1v) is 7.69. The van der Waals surface area contributed by atoms with Gasteiger partial charge in [0.05, 0.1) is 0 Å². The molecule has 1 aromatic carbocycles. The van der Waals surface area contributed by atoms with Crippen molar-refractivity contribution in [2.45, 2.75) is 12.8 Å². The van der Waals surface area contributed by atoms with Gasteiger partial charge in [-0.15, -0.1) is 0 Å². The van der Waals surface area contributed by atoms with Crippen LogP contribution in [0.5, 0.6) is 5.75 Å². The van der Waals surface area contributed by atoms with Gasteiger partial charge in [-0.25, -0.2) is 4.79 Å². The molecule has 0 fully saturated rings. The molecular formula is C17H17N3O5. The van der Waals surface area contributed by atoms with Gasteiger partial charge >= 0.3 is 5.69 Å². The number of ether oxygens (including phenoxy) is 1. The SMILES string of the molecule is Cn1c(N)c(C(=O)COc2cccc3c2CCC3=O)c(=O)n(C)c1=O. The minimum atomic E-state index is -0.761. The second kappa shape index (κ2) is 6.04. The van der Waals surface area contributed by atoms with Gasteiger partial charge in [0.25, 0.3) is 5.56 Å². The van der Waals surface area contributed by atoms with Crippen molar-refractivity contribution in [3.63, 3.8) is 0 Å². The number of benzene rings is 1. The molecule has 2 aromatic rings. The van der Waals surface area contributed by atoms with Crippen molar-refractivity contribution in [1.29, 1.82) is 0 Å². The molecule has 25 heavy (non-hydrogen) atoms. The van der Waals surface area contributed by atoms with Crippen LogP contribution < -0.4 is 21.7 Å².